The van der Waals surface area contributed by atoms with E-state index in [1.165, 1.54) is 0 Å². The van der Waals surface area contributed by atoms with Gasteiger partial charge in [0.2, 0.25) is 11.8 Å². The van der Waals surface area contributed by atoms with Crippen LogP contribution in [0.4, 0.5) is 0 Å². The summed E-state index contributed by atoms with van der Waals surface area (Å²) in [5.41, 5.74) is 0. The number of rotatable bonds is 8. The average Bonchev–Trinajstić information content (AvgIpc) is 3.41. The van der Waals surface area contributed by atoms with Crippen molar-refractivity contribution in [2.24, 2.45) is 11.8 Å². The molecule has 1 saturated carbocycles. The number of hydrogen-bond acceptors (Lipinski definition) is 4. The molecule has 0 spiro atoms. The molecular formula is C16H28N4O2. The van der Waals surface area contributed by atoms with Crippen molar-refractivity contribution in [3.63, 3.8) is 0 Å². The van der Waals surface area contributed by atoms with Gasteiger partial charge in [0.05, 0.1) is 13.1 Å². The van der Waals surface area contributed by atoms with Gasteiger partial charge in [-0.25, -0.2) is 0 Å². The first-order valence-corrected chi connectivity index (χ1v) is 8.67. The van der Waals surface area contributed by atoms with E-state index in [0.717, 1.165) is 65.0 Å². The van der Waals surface area contributed by atoms with E-state index in [4.69, 9.17) is 0 Å². The van der Waals surface area contributed by atoms with Crippen LogP contribution in [-0.2, 0) is 9.59 Å². The number of nitrogens with one attached hydrogen (secondary N) is 2. The summed E-state index contributed by atoms with van der Waals surface area (Å²) in [5, 5.41) is 6.12. The van der Waals surface area contributed by atoms with Crippen molar-refractivity contribution in [3.05, 3.63) is 0 Å². The summed E-state index contributed by atoms with van der Waals surface area (Å²) in [6, 6.07) is 0. The lowest BCUT2D eigenvalue weighted by atomic mass is 9.82. The van der Waals surface area contributed by atoms with E-state index in [2.05, 4.69) is 20.4 Å². The Morgan fingerprint density at radius 2 is 1.09 bits per heavy atom. The van der Waals surface area contributed by atoms with E-state index < -0.39 is 0 Å². The van der Waals surface area contributed by atoms with Crippen LogP contribution in [0.5, 0.6) is 0 Å². The molecule has 0 radical (unpaired) electrons. The molecule has 2 heterocycles. The topological polar surface area (TPSA) is 64.2 Å². The molecule has 0 unspecified atom stereocenters. The predicted molar refractivity (Wildman–Crippen MR) is 84.3 cm³/mol. The molecule has 0 atom stereocenters. The van der Waals surface area contributed by atoms with Gasteiger partial charge in [0.25, 0.3) is 0 Å². The molecule has 0 aromatic heterocycles. The first-order valence-electron chi connectivity index (χ1n) is 8.67. The van der Waals surface area contributed by atoms with Gasteiger partial charge in [-0.1, -0.05) is 0 Å². The monoisotopic (exact) mass is 308 g/mol. The molecule has 6 nitrogen and oxygen atoms in total. The molecule has 6 heteroatoms. The Morgan fingerprint density at radius 1 is 0.727 bits per heavy atom. The van der Waals surface area contributed by atoms with Crippen LogP contribution in [0.1, 0.15) is 25.7 Å². The summed E-state index contributed by atoms with van der Waals surface area (Å²) in [4.78, 5) is 27.6. The van der Waals surface area contributed by atoms with Gasteiger partial charge in [0.1, 0.15) is 0 Å². The molecule has 22 heavy (non-hydrogen) atoms. The van der Waals surface area contributed by atoms with Crippen molar-refractivity contribution in [2.75, 3.05) is 52.4 Å². The largest absolute Gasteiger partial charge is 0.355 e. The third-order valence-electron chi connectivity index (χ3n) is 4.96. The van der Waals surface area contributed by atoms with Crippen LogP contribution in [-0.4, -0.2) is 74.0 Å². The number of carbonyl (C=O) groups is 2. The molecule has 124 valence electrons. The first-order chi connectivity index (χ1) is 10.7. The molecule has 2 aliphatic heterocycles. The summed E-state index contributed by atoms with van der Waals surface area (Å²) in [7, 11) is 0. The number of carbonyl (C=O) groups excluding carboxylic acids is 2. The molecule has 3 aliphatic rings. The van der Waals surface area contributed by atoms with Crippen LogP contribution in [0, 0.1) is 11.8 Å². The molecule has 3 fully saturated rings. The molecule has 2 saturated heterocycles. The standard InChI is InChI=1S/C16H28N4O2/c21-15(11-19-5-6-19)17-9-13-1-2-14(4-3-13)10-18-16(22)12-20-7-8-20/h13-14H,1-12H2,(H,17,21)(H,18,22). The maximum absolute atomic E-state index is 11.7. The van der Waals surface area contributed by atoms with E-state index in [9.17, 15) is 9.59 Å². The van der Waals surface area contributed by atoms with Gasteiger partial charge < -0.3 is 10.6 Å². The van der Waals surface area contributed by atoms with Gasteiger partial charge in [-0.3, -0.25) is 19.4 Å². The van der Waals surface area contributed by atoms with Crippen LogP contribution in [0.15, 0.2) is 0 Å². The minimum atomic E-state index is 0.168. The van der Waals surface area contributed by atoms with Gasteiger partial charge in [0.15, 0.2) is 0 Å². The highest BCUT2D eigenvalue weighted by Gasteiger charge is 2.25. The van der Waals surface area contributed by atoms with Crippen LogP contribution in [0.25, 0.3) is 0 Å². The number of hydrogen-bond donors (Lipinski definition) is 2. The van der Waals surface area contributed by atoms with Crippen LogP contribution < -0.4 is 10.6 Å². The van der Waals surface area contributed by atoms with Crippen molar-refractivity contribution in [2.45, 2.75) is 25.7 Å². The summed E-state index contributed by atoms with van der Waals surface area (Å²) in [6.45, 7) is 7.06. The molecule has 0 bridgehead atoms. The fourth-order valence-corrected chi connectivity index (χ4v) is 3.13. The van der Waals surface area contributed by atoms with Gasteiger partial charge in [-0.05, 0) is 37.5 Å². The lowest BCUT2D eigenvalue weighted by Crippen LogP contribution is -2.37. The summed E-state index contributed by atoms with van der Waals surface area (Å²) in [6.07, 6.45) is 4.65. The Balaban J connectivity index is 1.23. The second kappa shape index (κ2) is 7.42. The van der Waals surface area contributed by atoms with Crippen LogP contribution in [0.3, 0.4) is 0 Å². The minimum absolute atomic E-state index is 0.168. The maximum Gasteiger partial charge on any atom is 0.234 e. The van der Waals surface area contributed by atoms with E-state index in [-0.39, 0.29) is 11.8 Å². The molecule has 2 amide bonds. The van der Waals surface area contributed by atoms with E-state index in [1.807, 2.05) is 0 Å². The van der Waals surface area contributed by atoms with Crippen molar-refractivity contribution in [1.29, 1.82) is 0 Å². The van der Waals surface area contributed by atoms with Crippen molar-refractivity contribution in [3.8, 4) is 0 Å². The predicted octanol–water partition coefficient (Wildman–Crippen LogP) is -0.344. The SMILES string of the molecule is O=C(CN1CC1)NCC1CCC(CNC(=O)CN2CC2)CC1. The van der Waals surface area contributed by atoms with Crippen LogP contribution >= 0.6 is 0 Å². The number of amides is 2. The fraction of sp³-hybridized carbons (Fsp3) is 0.875. The van der Waals surface area contributed by atoms with E-state index >= 15 is 0 Å². The lowest BCUT2D eigenvalue weighted by Gasteiger charge is -2.28. The normalized spacial score (nSPS) is 28.2. The zero-order chi connectivity index (χ0) is 15.4. The van der Waals surface area contributed by atoms with Crippen molar-refractivity contribution < 1.29 is 9.59 Å². The first kappa shape index (κ1) is 15.7. The number of nitrogens with zero attached hydrogens (tertiary/aromatic N) is 2. The average molecular weight is 308 g/mol. The minimum Gasteiger partial charge on any atom is -0.355 e. The second-order valence-corrected chi connectivity index (χ2v) is 7.05. The maximum atomic E-state index is 11.7. The van der Waals surface area contributed by atoms with Gasteiger partial charge in [0, 0.05) is 39.3 Å². The molecule has 2 N–H and O–H groups in total. The van der Waals surface area contributed by atoms with E-state index in [0.29, 0.717) is 24.9 Å². The molecule has 1 aliphatic carbocycles. The smallest absolute Gasteiger partial charge is 0.234 e. The second-order valence-electron chi connectivity index (χ2n) is 7.05. The Bertz CT molecular complexity index is 361. The van der Waals surface area contributed by atoms with E-state index in [1.54, 1.807) is 0 Å². The summed E-state index contributed by atoms with van der Waals surface area (Å²) < 4.78 is 0. The zero-order valence-corrected chi connectivity index (χ0v) is 13.4. The molecule has 0 aromatic rings. The summed E-state index contributed by atoms with van der Waals surface area (Å²) in [5.74, 6) is 1.56. The summed E-state index contributed by atoms with van der Waals surface area (Å²) >= 11 is 0. The van der Waals surface area contributed by atoms with Gasteiger partial charge in [-0.15, -0.1) is 0 Å². The highest BCUT2D eigenvalue weighted by molar-refractivity contribution is 5.78. The van der Waals surface area contributed by atoms with Crippen molar-refractivity contribution >= 4 is 11.8 Å². The third-order valence-corrected chi connectivity index (χ3v) is 4.96. The van der Waals surface area contributed by atoms with Crippen molar-refractivity contribution in [1.82, 2.24) is 20.4 Å². The Hall–Kier alpha value is -1.14. The Morgan fingerprint density at radius 3 is 1.41 bits per heavy atom. The third kappa shape index (κ3) is 5.57. The Labute approximate surface area is 132 Å². The highest BCUT2D eigenvalue weighted by Crippen LogP contribution is 2.27. The van der Waals surface area contributed by atoms with Gasteiger partial charge >= 0.3 is 0 Å². The molecule has 0 aromatic carbocycles. The van der Waals surface area contributed by atoms with Crippen LogP contribution in [0.2, 0.25) is 0 Å². The fourth-order valence-electron chi connectivity index (χ4n) is 3.13. The lowest BCUT2D eigenvalue weighted by molar-refractivity contribution is -0.122. The Kier molecular flexibility index (Phi) is 5.31. The molecular weight excluding hydrogens is 280 g/mol. The molecule has 3 rings (SSSR count). The zero-order valence-electron chi connectivity index (χ0n) is 13.4. The highest BCUT2D eigenvalue weighted by atomic mass is 16.2. The van der Waals surface area contributed by atoms with Gasteiger partial charge in [-0.2, -0.15) is 0 Å². The quantitative estimate of drug-likeness (QED) is 0.602.